The number of pyridine rings is 1. The molecular weight excluding hydrogens is 324 g/mol. The Morgan fingerprint density at radius 1 is 1.20 bits per heavy atom. The maximum absolute atomic E-state index is 12.4. The van der Waals surface area contributed by atoms with Crippen molar-refractivity contribution in [3.63, 3.8) is 0 Å². The second kappa shape index (κ2) is 7.42. The Morgan fingerprint density at radius 2 is 2.00 bits per heavy atom. The molecule has 25 heavy (non-hydrogen) atoms. The number of ether oxygens (including phenoxy) is 2. The number of aromatic nitrogens is 1. The molecule has 0 aliphatic carbocycles. The minimum absolute atomic E-state index is 0.00942. The Labute approximate surface area is 144 Å². The summed E-state index contributed by atoms with van der Waals surface area (Å²) in [6.45, 7) is 1.44. The molecule has 0 radical (unpaired) electrons. The predicted octanol–water partition coefficient (Wildman–Crippen LogP) is 1.45. The van der Waals surface area contributed by atoms with Gasteiger partial charge in [-0.25, -0.2) is 4.79 Å². The molecule has 1 fully saturated rings. The number of carboxylic acid groups (broad SMARTS) is 1. The van der Waals surface area contributed by atoms with E-state index in [-0.39, 0.29) is 17.8 Å². The average molecular weight is 342 g/mol. The van der Waals surface area contributed by atoms with Gasteiger partial charge in [-0.1, -0.05) is 30.3 Å². The highest BCUT2D eigenvalue weighted by atomic mass is 16.6. The molecule has 3 rings (SSSR count). The fourth-order valence-corrected chi connectivity index (χ4v) is 2.69. The molecular formula is C18H18N2O5. The van der Waals surface area contributed by atoms with Crippen molar-refractivity contribution in [3.05, 3.63) is 65.5 Å². The van der Waals surface area contributed by atoms with Gasteiger partial charge in [-0.15, -0.1) is 0 Å². The van der Waals surface area contributed by atoms with E-state index in [1.165, 1.54) is 18.3 Å². The lowest BCUT2D eigenvalue weighted by molar-refractivity contribution is -0.159. The van der Waals surface area contributed by atoms with E-state index in [0.717, 1.165) is 5.56 Å². The van der Waals surface area contributed by atoms with Crippen molar-refractivity contribution in [1.82, 2.24) is 10.3 Å². The average Bonchev–Trinajstić information content (AvgIpc) is 2.67. The van der Waals surface area contributed by atoms with Gasteiger partial charge in [0.15, 0.2) is 0 Å². The minimum atomic E-state index is -1.11. The number of carbonyl (C=O) groups is 2. The smallest absolute Gasteiger partial charge is 0.335 e. The van der Waals surface area contributed by atoms with E-state index in [9.17, 15) is 9.59 Å². The van der Waals surface area contributed by atoms with Crippen LogP contribution in [0, 0.1) is 0 Å². The molecule has 1 aromatic carbocycles. The molecule has 1 aliphatic heterocycles. The summed E-state index contributed by atoms with van der Waals surface area (Å²) in [5.41, 5.74) is 0.178. The number of benzene rings is 1. The molecule has 7 heteroatoms. The third-order valence-electron chi connectivity index (χ3n) is 4.02. The highest BCUT2D eigenvalue weighted by Gasteiger charge is 2.36. The van der Waals surface area contributed by atoms with Crippen molar-refractivity contribution in [2.24, 2.45) is 0 Å². The quantitative estimate of drug-likeness (QED) is 0.853. The molecule has 130 valence electrons. The Balaban J connectivity index is 1.76. The Morgan fingerprint density at radius 3 is 2.68 bits per heavy atom. The van der Waals surface area contributed by atoms with E-state index < -0.39 is 17.5 Å². The predicted molar refractivity (Wildman–Crippen MR) is 88.4 cm³/mol. The Bertz CT molecular complexity index is 757. The summed E-state index contributed by atoms with van der Waals surface area (Å²) >= 11 is 0. The van der Waals surface area contributed by atoms with E-state index in [4.69, 9.17) is 14.6 Å². The van der Waals surface area contributed by atoms with Gasteiger partial charge in [0, 0.05) is 6.20 Å². The summed E-state index contributed by atoms with van der Waals surface area (Å²) in [4.78, 5) is 27.3. The van der Waals surface area contributed by atoms with Gasteiger partial charge in [0.05, 0.1) is 31.9 Å². The van der Waals surface area contributed by atoms with Crippen molar-refractivity contribution in [1.29, 1.82) is 0 Å². The monoisotopic (exact) mass is 342 g/mol. The van der Waals surface area contributed by atoms with E-state index in [1.54, 1.807) is 0 Å². The normalized spacial score (nSPS) is 20.0. The van der Waals surface area contributed by atoms with E-state index in [1.807, 2.05) is 30.3 Å². The molecule has 1 aliphatic rings. The molecule has 0 bridgehead atoms. The van der Waals surface area contributed by atoms with Crippen molar-refractivity contribution < 1.29 is 24.2 Å². The topological polar surface area (TPSA) is 97.8 Å². The second-order valence-electron chi connectivity index (χ2n) is 5.68. The van der Waals surface area contributed by atoms with E-state index >= 15 is 0 Å². The van der Waals surface area contributed by atoms with Crippen LogP contribution in [-0.2, 0) is 15.1 Å². The zero-order valence-electron chi connectivity index (χ0n) is 13.5. The first-order valence-electron chi connectivity index (χ1n) is 7.85. The van der Waals surface area contributed by atoms with Crippen LogP contribution in [0.1, 0.15) is 26.4 Å². The summed E-state index contributed by atoms with van der Waals surface area (Å²) in [5, 5.41) is 11.8. The fourth-order valence-electron chi connectivity index (χ4n) is 2.69. The van der Waals surface area contributed by atoms with Gasteiger partial charge < -0.3 is 19.9 Å². The number of rotatable bonds is 5. The standard InChI is InChI=1S/C18H18N2O5/c21-16(15-10-13(17(22)23)6-7-19-15)20-11-18(12-24-8-9-25-18)14-4-2-1-3-5-14/h1-7,10H,8-9,11-12H2,(H,20,21)(H,22,23). The molecule has 1 aromatic heterocycles. The number of hydrogen-bond acceptors (Lipinski definition) is 5. The molecule has 1 amide bonds. The first kappa shape index (κ1) is 17.1. The van der Waals surface area contributed by atoms with Crippen molar-refractivity contribution in [2.75, 3.05) is 26.4 Å². The highest BCUT2D eigenvalue weighted by Crippen LogP contribution is 2.28. The lowest BCUT2D eigenvalue weighted by atomic mass is 9.93. The van der Waals surface area contributed by atoms with Crippen LogP contribution < -0.4 is 5.32 Å². The van der Waals surface area contributed by atoms with Gasteiger partial charge in [-0.2, -0.15) is 0 Å². The van der Waals surface area contributed by atoms with Crippen LogP contribution in [0.25, 0.3) is 0 Å². The number of nitrogens with one attached hydrogen (secondary N) is 1. The number of hydrogen-bond donors (Lipinski definition) is 2. The highest BCUT2D eigenvalue weighted by molar-refractivity contribution is 5.95. The van der Waals surface area contributed by atoms with Crippen LogP contribution in [0.15, 0.2) is 48.7 Å². The molecule has 2 heterocycles. The van der Waals surface area contributed by atoms with Crippen LogP contribution in [-0.4, -0.2) is 48.3 Å². The minimum Gasteiger partial charge on any atom is -0.478 e. The van der Waals surface area contributed by atoms with Gasteiger partial charge >= 0.3 is 5.97 Å². The summed E-state index contributed by atoms with van der Waals surface area (Å²) in [6, 6.07) is 12.1. The summed E-state index contributed by atoms with van der Waals surface area (Å²) in [7, 11) is 0. The third-order valence-corrected chi connectivity index (χ3v) is 4.02. The van der Waals surface area contributed by atoms with Gasteiger partial charge in [0.2, 0.25) is 0 Å². The number of carboxylic acids is 1. The molecule has 7 nitrogen and oxygen atoms in total. The van der Waals surface area contributed by atoms with Crippen LogP contribution in [0.3, 0.4) is 0 Å². The van der Waals surface area contributed by atoms with Crippen LogP contribution in [0.4, 0.5) is 0 Å². The largest absolute Gasteiger partial charge is 0.478 e. The van der Waals surface area contributed by atoms with Gasteiger partial charge in [-0.3, -0.25) is 9.78 Å². The first-order chi connectivity index (χ1) is 12.1. The molecule has 2 aromatic rings. The van der Waals surface area contributed by atoms with E-state index in [0.29, 0.717) is 19.8 Å². The molecule has 1 saturated heterocycles. The van der Waals surface area contributed by atoms with Crippen molar-refractivity contribution >= 4 is 11.9 Å². The molecule has 0 saturated carbocycles. The summed E-state index contributed by atoms with van der Waals surface area (Å²) in [6.07, 6.45) is 1.30. The molecule has 1 atom stereocenters. The zero-order chi connectivity index (χ0) is 17.7. The lowest BCUT2D eigenvalue weighted by Gasteiger charge is -2.37. The van der Waals surface area contributed by atoms with E-state index in [2.05, 4.69) is 10.3 Å². The van der Waals surface area contributed by atoms with Crippen molar-refractivity contribution in [2.45, 2.75) is 5.60 Å². The summed E-state index contributed by atoms with van der Waals surface area (Å²) < 4.78 is 11.5. The Hall–Kier alpha value is -2.77. The number of carbonyl (C=O) groups excluding carboxylic acids is 1. The van der Waals surface area contributed by atoms with Crippen LogP contribution >= 0.6 is 0 Å². The second-order valence-corrected chi connectivity index (χ2v) is 5.68. The maximum atomic E-state index is 12.4. The van der Waals surface area contributed by atoms with Crippen molar-refractivity contribution in [3.8, 4) is 0 Å². The fraction of sp³-hybridized carbons (Fsp3) is 0.278. The molecule has 0 spiro atoms. The zero-order valence-corrected chi connectivity index (χ0v) is 13.5. The van der Waals surface area contributed by atoms with Crippen LogP contribution in [0.5, 0.6) is 0 Å². The Kier molecular flexibility index (Phi) is 5.06. The maximum Gasteiger partial charge on any atom is 0.335 e. The van der Waals surface area contributed by atoms with Gasteiger partial charge in [0.1, 0.15) is 11.3 Å². The van der Waals surface area contributed by atoms with Crippen LogP contribution in [0.2, 0.25) is 0 Å². The molecule has 2 N–H and O–H groups in total. The van der Waals surface area contributed by atoms with Gasteiger partial charge in [-0.05, 0) is 17.7 Å². The number of amides is 1. The number of aromatic carboxylic acids is 1. The SMILES string of the molecule is O=C(O)c1ccnc(C(=O)NCC2(c3ccccc3)COCCO2)c1. The lowest BCUT2D eigenvalue weighted by Crippen LogP contribution is -2.49. The third kappa shape index (κ3) is 3.84. The number of nitrogens with zero attached hydrogens (tertiary/aromatic N) is 1. The molecule has 1 unspecified atom stereocenters. The first-order valence-corrected chi connectivity index (χ1v) is 7.85. The van der Waals surface area contributed by atoms with Gasteiger partial charge in [0.25, 0.3) is 5.91 Å². The summed E-state index contributed by atoms with van der Waals surface area (Å²) in [5.74, 6) is -1.58.